The van der Waals surface area contributed by atoms with Gasteiger partial charge in [0.1, 0.15) is 0 Å². The second-order valence-corrected chi connectivity index (χ2v) is 5.66. The Kier molecular flexibility index (Phi) is 5.76. The number of hydrogen-bond donors (Lipinski definition) is 1. The van der Waals surface area contributed by atoms with Gasteiger partial charge in [0, 0.05) is 17.0 Å². The Morgan fingerprint density at radius 2 is 2.12 bits per heavy atom. The molecule has 0 atom stereocenters. The average molecular weight is 347 g/mol. The maximum atomic E-state index is 12.0. The molecule has 0 spiro atoms. The number of fused-ring (bicyclic) bond motifs is 1. The summed E-state index contributed by atoms with van der Waals surface area (Å²) in [4.78, 5) is 32.0. The molecule has 0 fully saturated rings. The van der Waals surface area contributed by atoms with Gasteiger partial charge < -0.3 is 10.1 Å². The van der Waals surface area contributed by atoms with Crippen molar-refractivity contribution in [2.24, 2.45) is 0 Å². The lowest BCUT2D eigenvalue weighted by molar-refractivity contribution is -0.147. The first-order chi connectivity index (χ1) is 11.5. The Hall–Kier alpha value is -2.60. The second-order valence-electron chi connectivity index (χ2n) is 4.89. The standard InChI is InChI=1S/C15H17N5O3S/c1-5-6-16-12(21)8-23-13(22)7-11-9(2)17-14-18-15(24-4)19-20(14)10(11)3/h1H,6-8H2,2-4H3,(H,16,21). The molecule has 9 heteroatoms. The van der Waals surface area contributed by atoms with E-state index in [0.717, 1.165) is 5.69 Å². The summed E-state index contributed by atoms with van der Waals surface area (Å²) in [5.74, 6) is 1.79. The highest BCUT2D eigenvalue weighted by Gasteiger charge is 2.17. The molecule has 126 valence electrons. The normalized spacial score (nSPS) is 10.4. The summed E-state index contributed by atoms with van der Waals surface area (Å²) >= 11 is 1.41. The van der Waals surface area contributed by atoms with E-state index in [2.05, 4.69) is 26.3 Å². The summed E-state index contributed by atoms with van der Waals surface area (Å²) in [7, 11) is 0. The number of aromatic nitrogens is 4. The third-order valence-electron chi connectivity index (χ3n) is 3.29. The van der Waals surface area contributed by atoms with E-state index in [0.29, 0.717) is 22.2 Å². The molecule has 1 amide bonds. The van der Waals surface area contributed by atoms with Crippen LogP contribution in [-0.4, -0.2) is 50.9 Å². The number of nitrogens with zero attached hydrogens (tertiary/aromatic N) is 4. The third-order valence-corrected chi connectivity index (χ3v) is 3.82. The number of terminal acetylenes is 1. The monoisotopic (exact) mass is 347 g/mol. The number of esters is 1. The van der Waals surface area contributed by atoms with Crippen molar-refractivity contribution in [3.63, 3.8) is 0 Å². The fourth-order valence-corrected chi connectivity index (χ4v) is 2.41. The zero-order valence-corrected chi connectivity index (χ0v) is 14.4. The Morgan fingerprint density at radius 1 is 1.38 bits per heavy atom. The van der Waals surface area contributed by atoms with Gasteiger partial charge in [0.15, 0.2) is 6.61 Å². The molecule has 2 aromatic rings. The lowest BCUT2D eigenvalue weighted by Gasteiger charge is -2.10. The largest absolute Gasteiger partial charge is 0.455 e. The summed E-state index contributed by atoms with van der Waals surface area (Å²) in [5, 5.41) is 7.34. The zero-order valence-electron chi connectivity index (χ0n) is 13.6. The van der Waals surface area contributed by atoms with Crippen molar-refractivity contribution < 1.29 is 14.3 Å². The van der Waals surface area contributed by atoms with Gasteiger partial charge in [-0.3, -0.25) is 9.59 Å². The molecular formula is C15H17N5O3S. The summed E-state index contributed by atoms with van der Waals surface area (Å²) in [5.41, 5.74) is 2.14. The minimum Gasteiger partial charge on any atom is -0.455 e. The number of nitrogens with one attached hydrogen (secondary N) is 1. The first-order valence-corrected chi connectivity index (χ1v) is 8.31. The highest BCUT2D eigenvalue weighted by molar-refractivity contribution is 7.98. The molecule has 0 radical (unpaired) electrons. The summed E-state index contributed by atoms with van der Waals surface area (Å²) < 4.78 is 6.55. The molecule has 0 aliphatic carbocycles. The van der Waals surface area contributed by atoms with Crippen LogP contribution in [-0.2, 0) is 20.7 Å². The predicted octanol–water partition coefficient (Wildman–Crippen LogP) is 0.298. The summed E-state index contributed by atoms with van der Waals surface area (Å²) in [6.45, 7) is 3.36. The Morgan fingerprint density at radius 3 is 2.79 bits per heavy atom. The number of carbonyl (C=O) groups excluding carboxylic acids is 2. The van der Waals surface area contributed by atoms with Crippen molar-refractivity contribution >= 4 is 29.4 Å². The van der Waals surface area contributed by atoms with Crippen LogP contribution in [0.1, 0.15) is 17.0 Å². The van der Waals surface area contributed by atoms with Gasteiger partial charge in [-0.2, -0.15) is 4.98 Å². The van der Waals surface area contributed by atoms with Crippen LogP contribution in [0, 0.1) is 26.2 Å². The maximum absolute atomic E-state index is 12.0. The van der Waals surface area contributed by atoms with Gasteiger partial charge in [-0.15, -0.1) is 11.5 Å². The van der Waals surface area contributed by atoms with E-state index in [9.17, 15) is 9.59 Å². The third kappa shape index (κ3) is 4.02. The summed E-state index contributed by atoms with van der Waals surface area (Å²) in [6.07, 6.45) is 6.90. The second kappa shape index (κ2) is 7.79. The van der Waals surface area contributed by atoms with Gasteiger partial charge in [-0.05, 0) is 20.1 Å². The van der Waals surface area contributed by atoms with Gasteiger partial charge in [-0.1, -0.05) is 17.7 Å². The van der Waals surface area contributed by atoms with Crippen LogP contribution in [0.2, 0.25) is 0 Å². The Balaban J connectivity index is 2.10. The molecule has 2 rings (SSSR count). The number of hydrogen-bond acceptors (Lipinski definition) is 7. The smallest absolute Gasteiger partial charge is 0.310 e. The molecule has 1 N–H and O–H groups in total. The van der Waals surface area contributed by atoms with Crippen molar-refractivity contribution in [1.29, 1.82) is 0 Å². The van der Waals surface area contributed by atoms with Crippen molar-refractivity contribution in [1.82, 2.24) is 24.9 Å². The van der Waals surface area contributed by atoms with Gasteiger partial charge >= 0.3 is 5.97 Å². The highest BCUT2D eigenvalue weighted by Crippen LogP contribution is 2.17. The predicted molar refractivity (Wildman–Crippen MR) is 88.5 cm³/mol. The molecule has 0 saturated heterocycles. The van der Waals surface area contributed by atoms with Crippen LogP contribution in [0.25, 0.3) is 5.78 Å². The molecule has 0 aliphatic heterocycles. The minimum absolute atomic E-state index is 0.00249. The number of aryl methyl sites for hydroxylation is 2. The molecule has 0 aromatic carbocycles. The van der Waals surface area contributed by atoms with E-state index in [-0.39, 0.29) is 19.6 Å². The van der Waals surface area contributed by atoms with Crippen LogP contribution in [0.3, 0.4) is 0 Å². The van der Waals surface area contributed by atoms with Crippen LogP contribution in [0.5, 0.6) is 0 Å². The van der Waals surface area contributed by atoms with E-state index < -0.39 is 11.9 Å². The minimum atomic E-state index is -0.525. The van der Waals surface area contributed by atoms with Crippen LogP contribution >= 0.6 is 11.8 Å². The van der Waals surface area contributed by atoms with E-state index in [1.165, 1.54) is 11.8 Å². The number of rotatable bonds is 6. The molecule has 24 heavy (non-hydrogen) atoms. The van der Waals surface area contributed by atoms with Gasteiger partial charge in [0.05, 0.1) is 13.0 Å². The van der Waals surface area contributed by atoms with Gasteiger partial charge in [-0.25, -0.2) is 9.50 Å². The van der Waals surface area contributed by atoms with Crippen molar-refractivity contribution in [3.05, 3.63) is 17.0 Å². The fourth-order valence-electron chi connectivity index (χ4n) is 2.07. The molecule has 0 bridgehead atoms. The lowest BCUT2D eigenvalue weighted by atomic mass is 10.1. The van der Waals surface area contributed by atoms with E-state index in [1.807, 2.05) is 13.2 Å². The molecular weight excluding hydrogens is 330 g/mol. The summed E-state index contributed by atoms with van der Waals surface area (Å²) in [6, 6.07) is 0. The lowest BCUT2D eigenvalue weighted by Crippen LogP contribution is -2.29. The fraction of sp³-hybridized carbons (Fsp3) is 0.400. The van der Waals surface area contributed by atoms with E-state index >= 15 is 0 Å². The molecule has 8 nitrogen and oxygen atoms in total. The van der Waals surface area contributed by atoms with Gasteiger partial charge in [0.2, 0.25) is 5.16 Å². The molecule has 0 saturated carbocycles. The van der Waals surface area contributed by atoms with Crippen molar-refractivity contribution in [2.75, 3.05) is 19.4 Å². The molecule has 2 aromatic heterocycles. The topological polar surface area (TPSA) is 98.5 Å². The molecule has 0 aliphatic rings. The van der Waals surface area contributed by atoms with E-state index in [1.54, 1.807) is 11.4 Å². The molecule has 2 heterocycles. The number of ether oxygens (including phenoxy) is 1. The number of thioether (sulfide) groups is 1. The van der Waals surface area contributed by atoms with Crippen molar-refractivity contribution in [3.8, 4) is 12.3 Å². The Bertz CT molecular complexity index is 825. The van der Waals surface area contributed by atoms with Crippen molar-refractivity contribution in [2.45, 2.75) is 25.4 Å². The first kappa shape index (κ1) is 17.7. The van der Waals surface area contributed by atoms with Gasteiger partial charge in [0.25, 0.3) is 11.7 Å². The first-order valence-electron chi connectivity index (χ1n) is 7.09. The zero-order chi connectivity index (χ0) is 17.7. The number of carbonyl (C=O) groups is 2. The Labute approximate surface area is 143 Å². The van der Waals surface area contributed by atoms with Crippen LogP contribution in [0.15, 0.2) is 5.16 Å². The SMILES string of the molecule is C#CCNC(=O)COC(=O)Cc1c(C)nc2nc(SC)nn2c1C. The average Bonchev–Trinajstić information content (AvgIpc) is 2.98. The highest BCUT2D eigenvalue weighted by atomic mass is 32.2. The van der Waals surface area contributed by atoms with E-state index in [4.69, 9.17) is 11.2 Å². The maximum Gasteiger partial charge on any atom is 0.310 e. The molecule has 0 unspecified atom stereocenters. The quantitative estimate of drug-likeness (QED) is 0.456. The van der Waals surface area contributed by atoms with Crippen LogP contribution in [0.4, 0.5) is 0 Å². The number of amides is 1. The van der Waals surface area contributed by atoms with Crippen LogP contribution < -0.4 is 5.32 Å².